The second-order valence-electron chi connectivity index (χ2n) is 4.78. The van der Waals surface area contributed by atoms with Crippen molar-refractivity contribution in [2.75, 3.05) is 13.7 Å². The summed E-state index contributed by atoms with van der Waals surface area (Å²) in [5.74, 6) is 0.893. The van der Waals surface area contributed by atoms with E-state index in [4.69, 9.17) is 27.9 Å². The minimum Gasteiger partial charge on any atom is -0.493 e. The zero-order valence-corrected chi connectivity index (χ0v) is 13.7. The van der Waals surface area contributed by atoms with Gasteiger partial charge in [-0.1, -0.05) is 54.4 Å². The fourth-order valence-corrected chi connectivity index (χ4v) is 2.56. The quantitative estimate of drug-likeness (QED) is 0.799. The van der Waals surface area contributed by atoms with Gasteiger partial charge in [0.25, 0.3) is 0 Å². The van der Waals surface area contributed by atoms with Crippen LogP contribution in [0.25, 0.3) is 0 Å². The largest absolute Gasteiger partial charge is 0.493 e. The molecule has 112 valence electrons. The first kappa shape index (κ1) is 16.2. The van der Waals surface area contributed by atoms with E-state index >= 15 is 0 Å². The molecule has 0 aliphatic rings. The van der Waals surface area contributed by atoms with Gasteiger partial charge in [-0.15, -0.1) is 0 Å². The maximum atomic E-state index is 6.13. The Hall–Kier alpha value is -1.22. The topological polar surface area (TPSA) is 21.3 Å². The van der Waals surface area contributed by atoms with Crippen LogP contribution < -0.4 is 10.1 Å². The Bertz CT molecular complexity index is 601. The molecule has 0 bridgehead atoms. The van der Waals surface area contributed by atoms with Crippen LogP contribution in [0.15, 0.2) is 42.5 Å². The Kier molecular flexibility index (Phi) is 5.92. The molecule has 2 nitrogen and oxygen atoms in total. The van der Waals surface area contributed by atoms with Crippen LogP contribution in [0, 0.1) is 0 Å². The van der Waals surface area contributed by atoms with Crippen LogP contribution in [0.2, 0.25) is 10.0 Å². The number of rotatable bonds is 6. The predicted octanol–water partition coefficient (Wildman–Crippen LogP) is 5.09. The van der Waals surface area contributed by atoms with Gasteiger partial charge in [0.15, 0.2) is 0 Å². The molecule has 1 atom stereocenters. The van der Waals surface area contributed by atoms with Crippen molar-refractivity contribution in [2.24, 2.45) is 0 Å². The van der Waals surface area contributed by atoms with Crippen molar-refractivity contribution in [3.63, 3.8) is 0 Å². The molecule has 0 amide bonds. The van der Waals surface area contributed by atoms with Crippen molar-refractivity contribution >= 4 is 23.2 Å². The zero-order valence-electron chi connectivity index (χ0n) is 12.2. The van der Waals surface area contributed by atoms with Gasteiger partial charge in [0.05, 0.1) is 22.7 Å². The van der Waals surface area contributed by atoms with Gasteiger partial charge in [-0.2, -0.15) is 0 Å². The fraction of sp³-hybridized carbons (Fsp3) is 0.294. The van der Waals surface area contributed by atoms with E-state index in [0.717, 1.165) is 23.3 Å². The van der Waals surface area contributed by atoms with Gasteiger partial charge in [0.2, 0.25) is 0 Å². The maximum absolute atomic E-state index is 6.13. The number of para-hydroxylation sites is 1. The lowest BCUT2D eigenvalue weighted by atomic mass is 9.98. The molecule has 0 spiro atoms. The fourth-order valence-electron chi connectivity index (χ4n) is 2.26. The summed E-state index contributed by atoms with van der Waals surface area (Å²) in [5.41, 5.74) is 2.14. The van der Waals surface area contributed by atoms with Crippen LogP contribution in [0.4, 0.5) is 0 Å². The van der Waals surface area contributed by atoms with Crippen molar-refractivity contribution in [3.8, 4) is 5.75 Å². The highest BCUT2D eigenvalue weighted by Crippen LogP contribution is 2.33. The van der Waals surface area contributed by atoms with Crippen molar-refractivity contribution in [1.29, 1.82) is 0 Å². The van der Waals surface area contributed by atoms with Crippen LogP contribution in [0.5, 0.6) is 5.75 Å². The Morgan fingerprint density at radius 2 is 1.86 bits per heavy atom. The first-order valence-corrected chi connectivity index (χ1v) is 7.77. The molecule has 0 saturated heterocycles. The van der Waals surface area contributed by atoms with Gasteiger partial charge in [0.1, 0.15) is 5.75 Å². The van der Waals surface area contributed by atoms with E-state index in [9.17, 15) is 0 Å². The van der Waals surface area contributed by atoms with Crippen LogP contribution in [0.3, 0.4) is 0 Å². The molecule has 2 aromatic carbocycles. The summed E-state index contributed by atoms with van der Waals surface area (Å²) in [6.07, 6.45) is 0.978. The minimum absolute atomic E-state index is 0.00724. The lowest BCUT2D eigenvalue weighted by Gasteiger charge is -2.21. The summed E-state index contributed by atoms with van der Waals surface area (Å²) in [7, 11) is 1.92. The van der Waals surface area contributed by atoms with E-state index in [1.807, 2.05) is 43.4 Å². The summed E-state index contributed by atoms with van der Waals surface area (Å²) >= 11 is 12.1. The second kappa shape index (κ2) is 7.69. The van der Waals surface area contributed by atoms with Crippen molar-refractivity contribution in [3.05, 3.63) is 63.6 Å². The average molecular weight is 324 g/mol. The number of benzene rings is 2. The van der Waals surface area contributed by atoms with Crippen LogP contribution in [0.1, 0.15) is 30.5 Å². The Morgan fingerprint density at radius 3 is 2.52 bits per heavy atom. The minimum atomic E-state index is 0.00724. The summed E-state index contributed by atoms with van der Waals surface area (Å²) in [6, 6.07) is 13.7. The highest BCUT2D eigenvalue weighted by molar-refractivity contribution is 6.42. The van der Waals surface area contributed by atoms with Crippen LogP contribution in [-0.2, 0) is 0 Å². The Labute approximate surface area is 136 Å². The van der Waals surface area contributed by atoms with E-state index in [1.165, 1.54) is 0 Å². The molecule has 1 N–H and O–H groups in total. The molecular weight excluding hydrogens is 305 g/mol. The SMILES string of the molecule is CCCOc1ccccc1C(NC)c1ccc(Cl)c(Cl)c1. The van der Waals surface area contributed by atoms with Gasteiger partial charge < -0.3 is 10.1 Å². The van der Waals surface area contributed by atoms with Gasteiger partial charge in [0, 0.05) is 5.56 Å². The monoisotopic (exact) mass is 323 g/mol. The molecular formula is C17H19Cl2NO. The molecule has 0 saturated carbocycles. The number of ether oxygens (including phenoxy) is 1. The van der Waals surface area contributed by atoms with Crippen LogP contribution >= 0.6 is 23.2 Å². The molecule has 0 heterocycles. The summed E-state index contributed by atoms with van der Waals surface area (Å²) in [6.45, 7) is 2.80. The third-order valence-corrected chi connectivity index (χ3v) is 4.00. The molecule has 2 aromatic rings. The highest BCUT2D eigenvalue weighted by atomic mass is 35.5. The molecule has 1 unspecified atom stereocenters. The molecule has 2 rings (SSSR count). The van der Waals surface area contributed by atoms with Gasteiger partial charge in [-0.25, -0.2) is 0 Å². The van der Waals surface area contributed by atoms with Gasteiger partial charge in [-0.3, -0.25) is 0 Å². The second-order valence-corrected chi connectivity index (χ2v) is 5.60. The van der Waals surface area contributed by atoms with Crippen molar-refractivity contribution < 1.29 is 4.74 Å². The molecule has 0 aliphatic carbocycles. The smallest absolute Gasteiger partial charge is 0.124 e. The van der Waals surface area contributed by atoms with Crippen molar-refractivity contribution in [2.45, 2.75) is 19.4 Å². The molecule has 21 heavy (non-hydrogen) atoms. The number of halogens is 2. The Balaban J connectivity index is 2.38. The summed E-state index contributed by atoms with van der Waals surface area (Å²) in [4.78, 5) is 0. The lowest BCUT2D eigenvalue weighted by Crippen LogP contribution is -2.18. The Morgan fingerprint density at radius 1 is 1.10 bits per heavy atom. The summed E-state index contributed by atoms with van der Waals surface area (Å²) in [5, 5.41) is 4.43. The lowest BCUT2D eigenvalue weighted by molar-refractivity contribution is 0.312. The summed E-state index contributed by atoms with van der Waals surface area (Å²) < 4.78 is 5.85. The van der Waals surface area contributed by atoms with Gasteiger partial charge in [-0.05, 0) is 37.2 Å². The average Bonchev–Trinajstić information content (AvgIpc) is 2.50. The molecule has 0 fully saturated rings. The maximum Gasteiger partial charge on any atom is 0.124 e. The molecule has 0 radical (unpaired) electrons. The first-order chi connectivity index (χ1) is 10.2. The van der Waals surface area contributed by atoms with Gasteiger partial charge >= 0.3 is 0 Å². The molecule has 4 heteroatoms. The zero-order chi connectivity index (χ0) is 15.2. The predicted molar refractivity (Wildman–Crippen MR) is 89.6 cm³/mol. The normalized spacial score (nSPS) is 12.2. The van der Waals surface area contributed by atoms with Crippen LogP contribution in [-0.4, -0.2) is 13.7 Å². The number of nitrogens with one attached hydrogen (secondary N) is 1. The molecule has 0 aliphatic heterocycles. The third kappa shape index (κ3) is 3.91. The van der Waals surface area contributed by atoms with E-state index in [1.54, 1.807) is 0 Å². The van der Waals surface area contributed by atoms with E-state index in [-0.39, 0.29) is 6.04 Å². The first-order valence-electron chi connectivity index (χ1n) is 7.01. The number of hydrogen-bond acceptors (Lipinski definition) is 2. The van der Waals surface area contributed by atoms with Crippen molar-refractivity contribution in [1.82, 2.24) is 5.32 Å². The highest BCUT2D eigenvalue weighted by Gasteiger charge is 2.17. The molecule has 0 aromatic heterocycles. The third-order valence-electron chi connectivity index (χ3n) is 3.26. The standard InChI is InChI=1S/C17H19Cl2NO/c1-3-10-21-16-7-5-4-6-13(16)17(20-2)12-8-9-14(18)15(19)11-12/h4-9,11,17,20H,3,10H2,1-2H3. The van der Waals surface area contributed by atoms with E-state index in [2.05, 4.69) is 18.3 Å². The van der Waals surface area contributed by atoms with E-state index in [0.29, 0.717) is 16.7 Å². The number of hydrogen-bond donors (Lipinski definition) is 1. The van der Waals surface area contributed by atoms with E-state index < -0.39 is 0 Å².